The Morgan fingerprint density at radius 3 is 2.42 bits per heavy atom. The third-order valence-electron chi connectivity index (χ3n) is 2.73. The average molecular weight is 274 g/mol. The molecule has 0 nitrogen and oxygen atoms in total. The zero-order chi connectivity index (χ0) is 13.8. The van der Waals surface area contributed by atoms with Crippen molar-refractivity contribution in [2.45, 2.75) is 6.92 Å². The van der Waals surface area contributed by atoms with E-state index in [1.54, 1.807) is 6.08 Å². The van der Waals surface area contributed by atoms with Gasteiger partial charge in [-0.1, -0.05) is 60.3 Å². The number of benzene rings is 2. The van der Waals surface area contributed by atoms with E-state index < -0.39 is 11.6 Å². The molecule has 2 rings (SSSR count). The van der Waals surface area contributed by atoms with Gasteiger partial charge in [-0.15, -0.1) is 0 Å². The highest BCUT2D eigenvalue weighted by atomic mass is 32.1. The van der Waals surface area contributed by atoms with Gasteiger partial charge >= 0.3 is 0 Å². The van der Waals surface area contributed by atoms with Crippen LogP contribution in [0.2, 0.25) is 0 Å². The van der Waals surface area contributed by atoms with Crippen LogP contribution in [-0.2, 0) is 0 Å². The predicted molar refractivity (Wildman–Crippen MR) is 78.3 cm³/mol. The van der Waals surface area contributed by atoms with Crippen LogP contribution in [0.25, 0.3) is 6.08 Å². The predicted octanol–water partition coefficient (Wildman–Crippen LogP) is 4.70. The molecule has 0 aliphatic carbocycles. The molecule has 19 heavy (non-hydrogen) atoms. The lowest BCUT2D eigenvalue weighted by molar-refractivity contribution is 0.507. The first-order valence-corrected chi connectivity index (χ1v) is 6.22. The first-order chi connectivity index (χ1) is 9.08. The van der Waals surface area contributed by atoms with Gasteiger partial charge in [0.25, 0.3) is 0 Å². The summed E-state index contributed by atoms with van der Waals surface area (Å²) in [5.41, 5.74) is 2.22. The van der Waals surface area contributed by atoms with Gasteiger partial charge < -0.3 is 0 Å². The van der Waals surface area contributed by atoms with Crippen LogP contribution in [0.3, 0.4) is 0 Å². The fraction of sp³-hybridized carbons (Fsp3) is 0.0625. The largest absolute Gasteiger partial charge is 0.204 e. The van der Waals surface area contributed by atoms with E-state index in [1.807, 2.05) is 31.2 Å². The molecule has 2 aromatic carbocycles. The smallest absolute Gasteiger partial charge is 0.166 e. The van der Waals surface area contributed by atoms with Gasteiger partial charge in [0.1, 0.15) is 0 Å². The molecule has 96 valence electrons. The number of thiocarbonyl (C=S) groups is 1. The van der Waals surface area contributed by atoms with E-state index in [-0.39, 0.29) is 5.56 Å². The molecular weight excluding hydrogens is 262 g/mol. The number of aryl methyl sites for hydroxylation is 1. The highest BCUT2D eigenvalue weighted by Crippen LogP contribution is 2.14. The molecule has 0 N–H and O–H groups in total. The quantitative estimate of drug-likeness (QED) is 0.444. The van der Waals surface area contributed by atoms with Crippen molar-refractivity contribution in [2.75, 3.05) is 0 Å². The molecule has 3 heteroatoms. The Bertz CT molecular complexity index is 628. The van der Waals surface area contributed by atoms with Crippen molar-refractivity contribution in [3.63, 3.8) is 0 Å². The minimum absolute atomic E-state index is 0.189. The summed E-state index contributed by atoms with van der Waals surface area (Å²) in [7, 11) is 0. The van der Waals surface area contributed by atoms with E-state index in [4.69, 9.17) is 12.2 Å². The second-order valence-electron chi connectivity index (χ2n) is 4.21. The lowest BCUT2D eigenvalue weighted by Gasteiger charge is -2.00. The molecular formula is C16H12F2S. The van der Waals surface area contributed by atoms with Crippen molar-refractivity contribution >= 4 is 23.2 Å². The lowest BCUT2D eigenvalue weighted by Crippen LogP contribution is -1.93. The summed E-state index contributed by atoms with van der Waals surface area (Å²) in [6, 6.07) is 11.8. The number of rotatable bonds is 3. The summed E-state index contributed by atoms with van der Waals surface area (Å²) in [4.78, 5) is 0.587. The first-order valence-electron chi connectivity index (χ1n) is 5.81. The average Bonchev–Trinajstić information content (AvgIpc) is 2.41. The summed E-state index contributed by atoms with van der Waals surface area (Å²) in [5.74, 6) is -1.71. The standard InChI is InChI=1S/C16H12F2S/c1-11-5-7-12(8-6-11)15(19)10-9-13-3-2-4-14(17)16(13)18/h2-10H,1H3. The maximum absolute atomic E-state index is 13.4. The van der Waals surface area contributed by atoms with E-state index in [1.165, 1.54) is 18.2 Å². The molecule has 0 aliphatic rings. The Labute approximate surface area is 116 Å². The zero-order valence-electron chi connectivity index (χ0n) is 10.4. The molecule has 0 bridgehead atoms. The molecule has 2 aromatic rings. The Balaban J connectivity index is 2.21. The molecule has 0 aromatic heterocycles. The summed E-state index contributed by atoms with van der Waals surface area (Å²) >= 11 is 5.24. The maximum Gasteiger partial charge on any atom is 0.166 e. The number of allylic oxidation sites excluding steroid dienone is 1. The van der Waals surface area contributed by atoms with Crippen LogP contribution in [0.4, 0.5) is 8.78 Å². The van der Waals surface area contributed by atoms with Gasteiger partial charge in [-0.3, -0.25) is 0 Å². The van der Waals surface area contributed by atoms with Gasteiger partial charge in [0.15, 0.2) is 11.6 Å². The highest BCUT2D eigenvalue weighted by molar-refractivity contribution is 7.81. The third-order valence-corrected chi connectivity index (χ3v) is 3.10. The van der Waals surface area contributed by atoms with Crippen LogP contribution in [0.15, 0.2) is 48.5 Å². The van der Waals surface area contributed by atoms with Crippen LogP contribution >= 0.6 is 12.2 Å². The minimum atomic E-state index is -0.858. The fourth-order valence-electron chi connectivity index (χ4n) is 1.63. The van der Waals surface area contributed by atoms with E-state index in [0.717, 1.165) is 17.2 Å². The van der Waals surface area contributed by atoms with Crippen LogP contribution in [0, 0.1) is 18.6 Å². The van der Waals surface area contributed by atoms with Crippen LogP contribution in [0.5, 0.6) is 0 Å². The molecule has 0 spiro atoms. The summed E-state index contributed by atoms with van der Waals surface area (Å²) < 4.78 is 26.5. The second kappa shape index (κ2) is 5.85. The van der Waals surface area contributed by atoms with Crippen molar-refractivity contribution in [3.8, 4) is 0 Å². The molecule has 0 saturated carbocycles. The zero-order valence-corrected chi connectivity index (χ0v) is 11.2. The van der Waals surface area contributed by atoms with Crippen LogP contribution < -0.4 is 0 Å². The monoisotopic (exact) mass is 274 g/mol. The number of hydrogen-bond acceptors (Lipinski definition) is 1. The van der Waals surface area contributed by atoms with Crippen molar-refractivity contribution in [3.05, 3.63) is 76.9 Å². The molecule has 0 amide bonds. The Morgan fingerprint density at radius 1 is 1.05 bits per heavy atom. The summed E-state index contributed by atoms with van der Waals surface area (Å²) in [6.45, 7) is 1.99. The summed E-state index contributed by atoms with van der Waals surface area (Å²) in [5, 5.41) is 0. The second-order valence-corrected chi connectivity index (χ2v) is 4.65. The van der Waals surface area contributed by atoms with Gasteiger partial charge in [0.05, 0.1) is 0 Å². The molecule has 0 aliphatic heterocycles. The molecule has 0 atom stereocenters. The fourth-order valence-corrected chi connectivity index (χ4v) is 1.83. The Kier molecular flexibility index (Phi) is 4.17. The molecule has 0 radical (unpaired) electrons. The molecule has 0 fully saturated rings. The van der Waals surface area contributed by atoms with Crippen LogP contribution in [0.1, 0.15) is 16.7 Å². The number of hydrogen-bond donors (Lipinski definition) is 0. The Hall–Kier alpha value is -1.87. The van der Waals surface area contributed by atoms with Gasteiger partial charge in [-0.2, -0.15) is 0 Å². The highest BCUT2D eigenvalue weighted by Gasteiger charge is 2.04. The van der Waals surface area contributed by atoms with E-state index in [9.17, 15) is 8.78 Å². The van der Waals surface area contributed by atoms with Gasteiger partial charge in [-0.05, 0) is 24.6 Å². The topological polar surface area (TPSA) is 0 Å². The molecule has 0 heterocycles. The van der Waals surface area contributed by atoms with Crippen LogP contribution in [-0.4, -0.2) is 4.86 Å². The lowest BCUT2D eigenvalue weighted by atomic mass is 10.1. The van der Waals surface area contributed by atoms with E-state index in [0.29, 0.717) is 4.86 Å². The molecule has 0 saturated heterocycles. The Morgan fingerprint density at radius 2 is 1.74 bits per heavy atom. The van der Waals surface area contributed by atoms with Crippen molar-refractivity contribution < 1.29 is 8.78 Å². The number of halogens is 2. The van der Waals surface area contributed by atoms with Gasteiger partial charge in [-0.25, -0.2) is 8.78 Å². The van der Waals surface area contributed by atoms with E-state index >= 15 is 0 Å². The third kappa shape index (κ3) is 3.32. The maximum atomic E-state index is 13.4. The normalized spacial score (nSPS) is 10.9. The minimum Gasteiger partial charge on any atom is -0.204 e. The summed E-state index contributed by atoms with van der Waals surface area (Å²) in [6.07, 6.45) is 3.10. The van der Waals surface area contributed by atoms with Crippen molar-refractivity contribution in [2.24, 2.45) is 0 Å². The first kappa shape index (κ1) is 13.6. The van der Waals surface area contributed by atoms with Gasteiger partial charge in [0.2, 0.25) is 0 Å². The molecule has 0 unspecified atom stereocenters. The van der Waals surface area contributed by atoms with Gasteiger partial charge in [0, 0.05) is 10.4 Å². The van der Waals surface area contributed by atoms with Crippen molar-refractivity contribution in [1.29, 1.82) is 0 Å². The SMILES string of the molecule is Cc1ccc(C(=S)C=Cc2cccc(F)c2F)cc1. The van der Waals surface area contributed by atoms with E-state index in [2.05, 4.69) is 0 Å². The van der Waals surface area contributed by atoms with Crippen molar-refractivity contribution in [1.82, 2.24) is 0 Å².